The predicted octanol–water partition coefficient (Wildman–Crippen LogP) is 3.87. The van der Waals surface area contributed by atoms with Crippen LogP contribution < -0.4 is 5.32 Å². The zero-order valence-corrected chi connectivity index (χ0v) is 11.5. The number of anilines is 1. The molecule has 0 heterocycles. The van der Waals surface area contributed by atoms with E-state index in [2.05, 4.69) is 5.32 Å². The Kier molecular flexibility index (Phi) is 4.32. The molecule has 0 spiro atoms. The van der Waals surface area contributed by atoms with Gasteiger partial charge in [-0.15, -0.1) is 0 Å². The molecule has 0 aliphatic carbocycles. The van der Waals surface area contributed by atoms with E-state index in [1.807, 2.05) is 6.92 Å². The smallest absolute Gasteiger partial charge is 0.307 e. The number of hydrogen-bond acceptors (Lipinski definition) is 5. The fourth-order valence-electron chi connectivity index (χ4n) is 2.23. The minimum Gasteiger partial charge on any atom is -0.379 e. The highest BCUT2D eigenvalue weighted by Gasteiger charge is 2.25. The first-order valence-corrected chi connectivity index (χ1v) is 6.64. The Morgan fingerprint density at radius 2 is 1.86 bits per heavy atom. The molecule has 0 aromatic heterocycles. The molecule has 0 saturated carbocycles. The average molecular weight is 289 g/mol. The molecule has 0 amide bonds. The summed E-state index contributed by atoms with van der Waals surface area (Å²) in [7, 11) is 0. The van der Waals surface area contributed by atoms with Crippen molar-refractivity contribution in [3.63, 3.8) is 0 Å². The maximum atomic E-state index is 11.4. The molecule has 7 nitrogen and oxygen atoms in total. The second-order valence-electron chi connectivity index (χ2n) is 4.63. The quantitative estimate of drug-likeness (QED) is 0.494. The van der Waals surface area contributed by atoms with E-state index >= 15 is 0 Å². The van der Waals surface area contributed by atoms with Crippen LogP contribution in [0.1, 0.15) is 19.8 Å². The number of nitrogens with one attached hydrogen (secondary N) is 1. The van der Waals surface area contributed by atoms with Gasteiger partial charge in [-0.3, -0.25) is 20.2 Å². The Morgan fingerprint density at radius 1 is 1.10 bits per heavy atom. The van der Waals surface area contributed by atoms with Crippen LogP contribution in [0.3, 0.4) is 0 Å². The van der Waals surface area contributed by atoms with Crippen molar-refractivity contribution in [1.29, 1.82) is 0 Å². The summed E-state index contributed by atoms with van der Waals surface area (Å²) >= 11 is 0. The predicted molar refractivity (Wildman–Crippen MR) is 80.7 cm³/mol. The molecule has 0 saturated heterocycles. The summed E-state index contributed by atoms with van der Waals surface area (Å²) in [4.78, 5) is 21.4. The molecule has 7 heteroatoms. The number of benzene rings is 2. The van der Waals surface area contributed by atoms with E-state index in [1.54, 1.807) is 18.2 Å². The van der Waals surface area contributed by atoms with Gasteiger partial charge in [0.15, 0.2) is 0 Å². The second-order valence-corrected chi connectivity index (χ2v) is 4.63. The van der Waals surface area contributed by atoms with Gasteiger partial charge in [-0.2, -0.15) is 0 Å². The number of fused-ring (bicyclic) bond motifs is 1. The summed E-state index contributed by atoms with van der Waals surface area (Å²) in [6, 6.07) is 7.69. The number of hydrogen-bond donors (Lipinski definition) is 1. The van der Waals surface area contributed by atoms with E-state index in [4.69, 9.17) is 0 Å². The van der Waals surface area contributed by atoms with Crippen molar-refractivity contribution >= 4 is 27.8 Å². The Morgan fingerprint density at radius 3 is 2.48 bits per heavy atom. The van der Waals surface area contributed by atoms with Crippen LogP contribution in [-0.2, 0) is 0 Å². The van der Waals surface area contributed by atoms with Crippen molar-refractivity contribution in [2.75, 3.05) is 11.9 Å². The number of nitro groups is 2. The minimum atomic E-state index is -0.592. The normalized spacial score (nSPS) is 10.5. The third-order valence-corrected chi connectivity index (χ3v) is 3.22. The van der Waals surface area contributed by atoms with Gasteiger partial charge in [-0.1, -0.05) is 31.5 Å². The van der Waals surface area contributed by atoms with E-state index in [1.165, 1.54) is 12.1 Å². The number of nitro benzene ring substituents is 2. The zero-order chi connectivity index (χ0) is 15.4. The number of nitrogens with zero attached hydrogens (tertiary/aromatic N) is 2. The van der Waals surface area contributed by atoms with Gasteiger partial charge in [-0.25, -0.2) is 0 Å². The third-order valence-electron chi connectivity index (χ3n) is 3.22. The summed E-state index contributed by atoms with van der Waals surface area (Å²) < 4.78 is 0. The number of rotatable bonds is 6. The summed E-state index contributed by atoms with van der Waals surface area (Å²) in [5.74, 6) is 0. The first-order valence-electron chi connectivity index (χ1n) is 6.64. The lowest BCUT2D eigenvalue weighted by atomic mass is 10.1. The van der Waals surface area contributed by atoms with Crippen molar-refractivity contribution in [3.8, 4) is 0 Å². The molecule has 2 aromatic carbocycles. The average Bonchev–Trinajstić information content (AvgIpc) is 2.46. The first-order chi connectivity index (χ1) is 10.1. The van der Waals surface area contributed by atoms with Crippen LogP contribution in [0.2, 0.25) is 0 Å². The molecule has 110 valence electrons. The van der Waals surface area contributed by atoms with Crippen molar-refractivity contribution in [3.05, 3.63) is 50.6 Å². The van der Waals surface area contributed by atoms with Crippen LogP contribution in [-0.4, -0.2) is 16.4 Å². The summed E-state index contributed by atoms with van der Waals surface area (Å²) in [6.07, 6.45) is 1.82. The van der Waals surface area contributed by atoms with Crippen LogP contribution in [0.5, 0.6) is 0 Å². The molecule has 0 unspecified atom stereocenters. The van der Waals surface area contributed by atoms with Gasteiger partial charge in [0.05, 0.1) is 9.85 Å². The lowest BCUT2D eigenvalue weighted by Gasteiger charge is -2.09. The molecular weight excluding hydrogens is 274 g/mol. The van der Waals surface area contributed by atoms with Crippen LogP contribution in [0.15, 0.2) is 30.3 Å². The fraction of sp³-hybridized carbons (Fsp3) is 0.286. The zero-order valence-electron chi connectivity index (χ0n) is 11.5. The lowest BCUT2D eigenvalue weighted by molar-refractivity contribution is -0.389. The molecule has 0 bridgehead atoms. The van der Waals surface area contributed by atoms with E-state index in [0.717, 1.165) is 12.8 Å². The van der Waals surface area contributed by atoms with E-state index < -0.39 is 9.85 Å². The van der Waals surface area contributed by atoms with Gasteiger partial charge < -0.3 is 5.32 Å². The van der Waals surface area contributed by atoms with Crippen LogP contribution in [0, 0.1) is 20.2 Å². The second kappa shape index (κ2) is 6.17. The topological polar surface area (TPSA) is 98.3 Å². The molecule has 2 aromatic rings. The number of unbranched alkanes of at least 4 members (excludes halogenated alkanes) is 1. The molecule has 21 heavy (non-hydrogen) atoms. The first kappa shape index (κ1) is 14.7. The SMILES string of the molecule is CCCCNc1ccc2cccc([N+](=O)[O-])c2c1[N+](=O)[O-]. The largest absolute Gasteiger partial charge is 0.379 e. The number of non-ortho nitro benzene ring substituents is 1. The van der Waals surface area contributed by atoms with E-state index in [9.17, 15) is 20.2 Å². The Balaban J connectivity index is 2.66. The van der Waals surface area contributed by atoms with Crippen molar-refractivity contribution < 1.29 is 9.85 Å². The highest BCUT2D eigenvalue weighted by atomic mass is 16.6. The molecule has 1 N–H and O–H groups in total. The monoisotopic (exact) mass is 289 g/mol. The molecule has 0 aliphatic rings. The van der Waals surface area contributed by atoms with Gasteiger partial charge in [0, 0.05) is 12.6 Å². The van der Waals surface area contributed by atoms with Crippen molar-refractivity contribution in [1.82, 2.24) is 0 Å². The summed E-state index contributed by atoms with van der Waals surface area (Å²) in [6.45, 7) is 2.60. The lowest BCUT2D eigenvalue weighted by Crippen LogP contribution is -2.05. The van der Waals surface area contributed by atoms with Crippen LogP contribution in [0.4, 0.5) is 17.1 Å². The fourth-order valence-corrected chi connectivity index (χ4v) is 2.23. The maximum Gasteiger partial charge on any atom is 0.307 e. The van der Waals surface area contributed by atoms with E-state index in [0.29, 0.717) is 17.6 Å². The Bertz CT molecular complexity index is 700. The van der Waals surface area contributed by atoms with Crippen LogP contribution >= 0.6 is 0 Å². The highest BCUT2D eigenvalue weighted by Crippen LogP contribution is 2.38. The van der Waals surface area contributed by atoms with Gasteiger partial charge in [0.25, 0.3) is 5.69 Å². The van der Waals surface area contributed by atoms with Gasteiger partial charge >= 0.3 is 5.69 Å². The standard InChI is InChI=1S/C14H15N3O4/c1-2-3-9-15-11-8-7-10-5-4-6-12(16(18)19)13(10)14(11)17(20)21/h4-8,15H,2-3,9H2,1H3. The Hall–Kier alpha value is -2.70. The highest BCUT2D eigenvalue weighted by molar-refractivity contribution is 6.02. The molecule has 0 fully saturated rings. The van der Waals surface area contributed by atoms with Crippen molar-refractivity contribution in [2.45, 2.75) is 19.8 Å². The van der Waals surface area contributed by atoms with Gasteiger partial charge in [0.1, 0.15) is 11.1 Å². The minimum absolute atomic E-state index is 0.0639. The van der Waals surface area contributed by atoms with Crippen LogP contribution in [0.25, 0.3) is 10.8 Å². The van der Waals surface area contributed by atoms with Gasteiger partial charge in [-0.05, 0) is 17.9 Å². The molecule has 0 aliphatic heterocycles. The summed E-state index contributed by atoms with van der Waals surface area (Å²) in [5, 5.41) is 26.0. The maximum absolute atomic E-state index is 11.4. The van der Waals surface area contributed by atoms with Crippen molar-refractivity contribution in [2.24, 2.45) is 0 Å². The summed E-state index contributed by atoms with van der Waals surface area (Å²) in [5.41, 5.74) is -0.176. The Labute approximate surface area is 120 Å². The molecule has 0 atom stereocenters. The van der Waals surface area contributed by atoms with Gasteiger partial charge in [0.2, 0.25) is 0 Å². The molecular formula is C14H15N3O4. The van der Waals surface area contributed by atoms with E-state index in [-0.39, 0.29) is 16.8 Å². The molecule has 0 radical (unpaired) electrons. The third kappa shape index (κ3) is 2.91. The molecule has 2 rings (SSSR count).